The summed E-state index contributed by atoms with van der Waals surface area (Å²) in [6, 6.07) is 9.94. The molecule has 0 saturated carbocycles. The van der Waals surface area contributed by atoms with Gasteiger partial charge in [-0.05, 0) is 38.1 Å². The van der Waals surface area contributed by atoms with Crippen molar-refractivity contribution in [1.82, 2.24) is 9.97 Å². The highest BCUT2D eigenvalue weighted by atomic mass is 16.7. The number of hydrogen-bond donors (Lipinski definition) is 6. The van der Waals surface area contributed by atoms with Crippen molar-refractivity contribution in [2.24, 2.45) is 0 Å². The average Bonchev–Trinajstić information content (AvgIpc) is 2.87. The van der Waals surface area contributed by atoms with E-state index < -0.39 is 61.4 Å². The van der Waals surface area contributed by atoms with Gasteiger partial charge >= 0.3 is 0 Å². The third kappa shape index (κ3) is 4.35. The molecule has 0 unspecified atom stereocenters. The van der Waals surface area contributed by atoms with Crippen molar-refractivity contribution < 1.29 is 49.6 Å². The standard InChI is InChI=1S/C24H28N2O10/c1-9-17(27)19(29)21(31)23(33-9)35-13-7-3-5-11-15(13)25-12-6-4-8-14(16(12)26-11)36-24-22(32)20(30)18(28)10(2)34-24/h3-10,17-24,27-32H,1-2H3/t9-,10-,17-,18-,19+,20+,21+,22+,23-,24-/m0/s1. The molecule has 194 valence electrons. The van der Waals surface area contributed by atoms with Crippen LogP contribution >= 0.6 is 0 Å². The third-order valence-electron chi connectivity index (χ3n) is 6.52. The van der Waals surface area contributed by atoms with Crippen LogP contribution in [0.3, 0.4) is 0 Å². The fraction of sp³-hybridized carbons (Fsp3) is 0.500. The van der Waals surface area contributed by atoms with Gasteiger partial charge in [-0.25, -0.2) is 9.97 Å². The Hall–Kier alpha value is -2.68. The van der Waals surface area contributed by atoms with E-state index in [0.29, 0.717) is 22.1 Å². The van der Waals surface area contributed by atoms with Gasteiger partial charge in [-0.15, -0.1) is 0 Å². The summed E-state index contributed by atoms with van der Waals surface area (Å²) in [7, 11) is 0. The summed E-state index contributed by atoms with van der Waals surface area (Å²) in [5.74, 6) is 0.482. The number of aromatic nitrogens is 2. The maximum Gasteiger partial charge on any atom is 0.229 e. The number of benzene rings is 2. The lowest BCUT2D eigenvalue weighted by atomic mass is 10.00. The molecule has 12 heteroatoms. The first-order chi connectivity index (χ1) is 17.2. The van der Waals surface area contributed by atoms with E-state index in [4.69, 9.17) is 18.9 Å². The zero-order chi connectivity index (χ0) is 25.7. The van der Waals surface area contributed by atoms with Crippen LogP contribution in [0.1, 0.15) is 13.8 Å². The van der Waals surface area contributed by atoms with Gasteiger partial charge in [0.25, 0.3) is 0 Å². The first-order valence-electron chi connectivity index (χ1n) is 11.6. The van der Waals surface area contributed by atoms with Crippen molar-refractivity contribution in [2.75, 3.05) is 0 Å². The highest BCUT2D eigenvalue weighted by Crippen LogP contribution is 2.33. The second kappa shape index (κ2) is 9.65. The molecule has 0 radical (unpaired) electrons. The molecule has 0 aliphatic carbocycles. The van der Waals surface area contributed by atoms with Crippen LogP contribution in [-0.4, -0.2) is 102 Å². The fourth-order valence-corrected chi connectivity index (χ4v) is 4.33. The maximum absolute atomic E-state index is 10.3. The van der Waals surface area contributed by atoms with E-state index in [2.05, 4.69) is 9.97 Å². The zero-order valence-electron chi connectivity index (χ0n) is 19.4. The molecule has 0 bridgehead atoms. The largest absolute Gasteiger partial charge is 0.460 e. The number of aliphatic hydroxyl groups excluding tert-OH is 6. The quantitative estimate of drug-likeness (QED) is 0.243. The number of rotatable bonds is 4. The summed E-state index contributed by atoms with van der Waals surface area (Å²) >= 11 is 0. The van der Waals surface area contributed by atoms with Gasteiger partial charge in [-0.2, -0.15) is 0 Å². The summed E-state index contributed by atoms with van der Waals surface area (Å²) in [6.07, 6.45) is -12.4. The molecule has 6 N–H and O–H groups in total. The number of nitrogens with zero attached hydrogens (tertiary/aromatic N) is 2. The van der Waals surface area contributed by atoms with Crippen molar-refractivity contribution in [3.8, 4) is 11.5 Å². The number of fused-ring (bicyclic) bond motifs is 2. The van der Waals surface area contributed by atoms with Gasteiger partial charge < -0.3 is 49.6 Å². The number of ether oxygens (including phenoxy) is 4. The van der Waals surface area contributed by atoms with Crippen LogP contribution < -0.4 is 9.47 Å². The molecule has 2 saturated heterocycles. The first-order valence-corrected chi connectivity index (χ1v) is 11.6. The first kappa shape index (κ1) is 25.0. The van der Waals surface area contributed by atoms with Crippen molar-refractivity contribution in [3.63, 3.8) is 0 Å². The lowest BCUT2D eigenvalue weighted by Gasteiger charge is -2.39. The zero-order valence-corrected chi connectivity index (χ0v) is 19.4. The molecule has 2 aliphatic heterocycles. The van der Waals surface area contributed by atoms with Crippen molar-refractivity contribution in [1.29, 1.82) is 0 Å². The van der Waals surface area contributed by atoms with Crippen LogP contribution in [0.2, 0.25) is 0 Å². The second-order valence-corrected chi connectivity index (χ2v) is 9.07. The third-order valence-corrected chi connectivity index (χ3v) is 6.52. The summed E-state index contributed by atoms with van der Waals surface area (Å²) in [5.41, 5.74) is 1.55. The molecule has 10 atom stereocenters. The Morgan fingerprint density at radius 3 is 1.36 bits per heavy atom. The number of hydrogen-bond acceptors (Lipinski definition) is 12. The van der Waals surface area contributed by atoms with Crippen LogP contribution in [0.5, 0.6) is 11.5 Å². The molecule has 2 aromatic carbocycles. The molecule has 12 nitrogen and oxygen atoms in total. The molecule has 3 aromatic rings. The van der Waals surface area contributed by atoms with Crippen LogP contribution in [0.4, 0.5) is 0 Å². The van der Waals surface area contributed by atoms with E-state index >= 15 is 0 Å². The molecule has 5 rings (SSSR count). The SMILES string of the molecule is C[C@@H]1O[C@@H](Oc2cccc3nc4c(O[C@@H]5O[C@@H](C)[C@H](O)[C@@H](O)[C@H]5O)cccc4nc23)[C@H](O)[C@H](O)[C@H]1O. The summed E-state index contributed by atoms with van der Waals surface area (Å²) < 4.78 is 22.7. The van der Waals surface area contributed by atoms with Gasteiger partial charge in [0.05, 0.1) is 23.2 Å². The summed E-state index contributed by atoms with van der Waals surface area (Å²) in [4.78, 5) is 9.25. The Morgan fingerprint density at radius 2 is 0.972 bits per heavy atom. The van der Waals surface area contributed by atoms with Gasteiger partial charge in [0, 0.05) is 0 Å². The van der Waals surface area contributed by atoms with Gasteiger partial charge in [0.2, 0.25) is 12.6 Å². The van der Waals surface area contributed by atoms with E-state index in [0.717, 1.165) is 0 Å². The Balaban J connectivity index is 1.47. The van der Waals surface area contributed by atoms with E-state index in [9.17, 15) is 30.6 Å². The Kier molecular flexibility index (Phi) is 6.70. The lowest BCUT2D eigenvalue weighted by molar-refractivity contribution is -0.268. The molecule has 36 heavy (non-hydrogen) atoms. The molecule has 0 spiro atoms. The van der Waals surface area contributed by atoms with Gasteiger partial charge in [-0.3, -0.25) is 0 Å². The average molecular weight is 504 g/mol. The van der Waals surface area contributed by atoms with Crippen molar-refractivity contribution in [3.05, 3.63) is 36.4 Å². The number of para-hydroxylation sites is 2. The van der Waals surface area contributed by atoms with E-state index in [1.165, 1.54) is 0 Å². The Bertz CT molecular complexity index is 1150. The molecule has 0 amide bonds. The van der Waals surface area contributed by atoms with Crippen molar-refractivity contribution in [2.45, 2.75) is 75.3 Å². The Morgan fingerprint density at radius 1 is 0.583 bits per heavy atom. The Labute approximate surface area is 205 Å². The minimum absolute atomic E-state index is 0.241. The van der Waals surface area contributed by atoms with Gasteiger partial charge in [0.15, 0.2) is 11.5 Å². The van der Waals surface area contributed by atoms with Crippen LogP contribution in [0.25, 0.3) is 22.1 Å². The van der Waals surface area contributed by atoms with Crippen molar-refractivity contribution >= 4 is 22.1 Å². The molecule has 1 aromatic heterocycles. The lowest BCUT2D eigenvalue weighted by Crippen LogP contribution is -2.58. The minimum Gasteiger partial charge on any atom is -0.460 e. The molecular formula is C24H28N2O10. The molecular weight excluding hydrogens is 476 g/mol. The van der Waals surface area contributed by atoms with Crippen LogP contribution in [0, 0.1) is 0 Å². The van der Waals surface area contributed by atoms with Gasteiger partial charge in [0.1, 0.15) is 47.7 Å². The van der Waals surface area contributed by atoms with E-state index in [-0.39, 0.29) is 11.5 Å². The van der Waals surface area contributed by atoms with Crippen LogP contribution in [0.15, 0.2) is 36.4 Å². The smallest absolute Gasteiger partial charge is 0.229 e. The summed E-state index contributed by atoms with van der Waals surface area (Å²) in [6.45, 7) is 3.11. The predicted octanol–water partition coefficient (Wildman–Crippen LogP) is -0.804. The second-order valence-electron chi connectivity index (χ2n) is 9.07. The normalized spacial score (nSPS) is 37.2. The molecule has 3 heterocycles. The topological polar surface area (TPSA) is 184 Å². The minimum atomic E-state index is -1.49. The highest BCUT2D eigenvalue weighted by Gasteiger charge is 2.44. The van der Waals surface area contributed by atoms with E-state index in [1.54, 1.807) is 50.2 Å². The van der Waals surface area contributed by atoms with Gasteiger partial charge in [-0.1, -0.05) is 12.1 Å². The predicted molar refractivity (Wildman–Crippen MR) is 123 cm³/mol. The molecule has 2 fully saturated rings. The number of aliphatic hydroxyl groups is 6. The van der Waals surface area contributed by atoms with Crippen LogP contribution in [-0.2, 0) is 9.47 Å². The fourth-order valence-electron chi connectivity index (χ4n) is 4.33. The maximum atomic E-state index is 10.3. The summed E-state index contributed by atoms with van der Waals surface area (Å²) in [5, 5.41) is 60.7. The molecule has 2 aliphatic rings. The highest BCUT2D eigenvalue weighted by molar-refractivity contribution is 5.92. The monoisotopic (exact) mass is 504 g/mol. The van der Waals surface area contributed by atoms with E-state index in [1.807, 2.05) is 0 Å².